The lowest BCUT2D eigenvalue weighted by molar-refractivity contribution is -0.117. The first-order valence-corrected chi connectivity index (χ1v) is 11.4. The zero-order valence-electron chi connectivity index (χ0n) is 19.2. The van der Waals surface area contributed by atoms with Crippen molar-refractivity contribution in [3.8, 4) is 0 Å². The van der Waals surface area contributed by atoms with Crippen LogP contribution in [0.3, 0.4) is 0 Å². The summed E-state index contributed by atoms with van der Waals surface area (Å²) in [5, 5.41) is 1.06. The summed E-state index contributed by atoms with van der Waals surface area (Å²) in [5.74, 6) is 0.140. The summed E-state index contributed by atoms with van der Waals surface area (Å²) in [6.07, 6.45) is 2.09. The van der Waals surface area contributed by atoms with Crippen molar-refractivity contribution in [3.05, 3.63) is 68.7 Å². The molecule has 32 heavy (non-hydrogen) atoms. The summed E-state index contributed by atoms with van der Waals surface area (Å²) in [7, 11) is 3.53. The van der Waals surface area contributed by atoms with Crippen LogP contribution in [0.2, 0.25) is 10.0 Å². The number of amides is 2. The third-order valence-corrected chi connectivity index (χ3v) is 6.46. The van der Waals surface area contributed by atoms with Crippen molar-refractivity contribution in [2.75, 3.05) is 14.1 Å². The van der Waals surface area contributed by atoms with Gasteiger partial charge in [0.15, 0.2) is 0 Å². The average Bonchev–Trinajstić information content (AvgIpc) is 2.73. The minimum absolute atomic E-state index is 0.125. The van der Waals surface area contributed by atoms with Gasteiger partial charge in [-0.05, 0) is 68.0 Å². The summed E-state index contributed by atoms with van der Waals surface area (Å²) >= 11 is 12.4. The second-order valence-electron chi connectivity index (χ2n) is 9.39. The molecule has 1 aliphatic carbocycles. The van der Waals surface area contributed by atoms with Crippen LogP contribution in [0.5, 0.6) is 0 Å². The molecule has 0 N–H and O–H groups in total. The first-order valence-electron chi connectivity index (χ1n) is 10.7. The van der Waals surface area contributed by atoms with Crippen molar-refractivity contribution in [1.29, 1.82) is 0 Å². The fraction of sp³-hybridized carbons (Fsp3) is 0.440. The number of hydrogen-bond acceptors (Lipinski definition) is 3. The molecule has 3 rings (SSSR count). The molecular weight excluding hydrogens is 447 g/mol. The standard InChI is InChI=1S/C25H30Cl2N2O3/c1-25(2,3)32-24(31)29(5)23-11-9-18(17-7-10-21(26)22(27)13-17)19-8-6-16(12-20(19)23)14-28(4)15-30/h6-8,10,12-13,15,18,23H,9,11,14H2,1-5H3. The topological polar surface area (TPSA) is 49.9 Å². The average molecular weight is 477 g/mol. The number of hydrogen-bond donors (Lipinski definition) is 0. The number of carbonyl (C=O) groups excluding carboxylic acids is 2. The van der Waals surface area contributed by atoms with Gasteiger partial charge in [0.25, 0.3) is 0 Å². The van der Waals surface area contributed by atoms with E-state index in [2.05, 4.69) is 12.1 Å². The van der Waals surface area contributed by atoms with E-state index in [0.717, 1.165) is 41.5 Å². The molecule has 7 heteroatoms. The Balaban J connectivity index is 2.02. The Kier molecular flexibility index (Phi) is 7.41. The van der Waals surface area contributed by atoms with Gasteiger partial charge in [-0.3, -0.25) is 4.79 Å². The molecule has 0 saturated heterocycles. The highest BCUT2D eigenvalue weighted by atomic mass is 35.5. The van der Waals surface area contributed by atoms with Gasteiger partial charge in [0.05, 0.1) is 16.1 Å². The van der Waals surface area contributed by atoms with Crippen LogP contribution < -0.4 is 0 Å². The molecule has 0 saturated carbocycles. The fourth-order valence-corrected chi connectivity index (χ4v) is 4.53. The van der Waals surface area contributed by atoms with Gasteiger partial charge in [0.1, 0.15) is 5.60 Å². The van der Waals surface area contributed by atoms with E-state index in [9.17, 15) is 9.59 Å². The molecule has 0 aromatic heterocycles. The summed E-state index contributed by atoms with van der Waals surface area (Å²) in [4.78, 5) is 27.2. The Morgan fingerprint density at radius 1 is 1.06 bits per heavy atom. The highest BCUT2D eigenvalue weighted by molar-refractivity contribution is 6.42. The molecule has 2 aromatic carbocycles. The monoisotopic (exact) mass is 476 g/mol. The minimum atomic E-state index is -0.569. The van der Waals surface area contributed by atoms with Gasteiger partial charge in [0.2, 0.25) is 6.41 Å². The number of nitrogens with zero attached hydrogens (tertiary/aromatic N) is 2. The smallest absolute Gasteiger partial charge is 0.410 e. The Morgan fingerprint density at radius 3 is 2.41 bits per heavy atom. The number of ether oxygens (including phenoxy) is 1. The molecule has 2 unspecified atom stereocenters. The summed E-state index contributed by atoms with van der Waals surface area (Å²) < 4.78 is 5.62. The molecule has 0 aliphatic heterocycles. The lowest BCUT2D eigenvalue weighted by Crippen LogP contribution is -2.38. The predicted octanol–water partition coefficient (Wildman–Crippen LogP) is 6.42. The molecule has 0 radical (unpaired) electrons. The van der Waals surface area contributed by atoms with E-state index in [1.54, 1.807) is 23.9 Å². The highest BCUT2D eigenvalue weighted by Gasteiger charge is 2.34. The highest BCUT2D eigenvalue weighted by Crippen LogP contribution is 2.45. The number of halogens is 2. The molecule has 1 aliphatic rings. The quantitative estimate of drug-likeness (QED) is 0.468. The number of fused-ring (bicyclic) bond motifs is 1. The van der Waals surface area contributed by atoms with E-state index in [1.807, 2.05) is 45.0 Å². The SMILES string of the molecule is CN(C=O)Cc1ccc2c(c1)C(N(C)C(=O)OC(C)(C)C)CCC2c1ccc(Cl)c(Cl)c1. The van der Waals surface area contributed by atoms with Gasteiger partial charge < -0.3 is 14.5 Å². The van der Waals surface area contributed by atoms with Gasteiger partial charge in [-0.2, -0.15) is 0 Å². The van der Waals surface area contributed by atoms with Gasteiger partial charge in [-0.1, -0.05) is 47.5 Å². The maximum atomic E-state index is 12.8. The largest absolute Gasteiger partial charge is 0.444 e. The molecular formula is C25H30Cl2N2O3. The molecule has 0 spiro atoms. The molecule has 2 amide bonds. The van der Waals surface area contributed by atoms with Crippen molar-refractivity contribution < 1.29 is 14.3 Å². The Morgan fingerprint density at radius 2 is 1.78 bits per heavy atom. The molecule has 0 heterocycles. The Bertz CT molecular complexity index is 1000. The summed E-state index contributed by atoms with van der Waals surface area (Å²) in [5.41, 5.74) is 3.75. The number of rotatable bonds is 5. The maximum Gasteiger partial charge on any atom is 0.410 e. The first kappa shape index (κ1) is 24.4. The lowest BCUT2D eigenvalue weighted by Gasteiger charge is -2.38. The molecule has 5 nitrogen and oxygen atoms in total. The predicted molar refractivity (Wildman–Crippen MR) is 128 cm³/mol. The lowest BCUT2D eigenvalue weighted by atomic mass is 9.76. The van der Waals surface area contributed by atoms with Crippen LogP contribution in [-0.2, 0) is 16.1 Å². The second-order valence-corrected chi connectivity index (χ2v) is 10.2. The van der Waals surface area contributed by atoms with Crippen molar-refractivity contribution >= 4 is 35.7 Å². The normalized spacial score (nSPS) is 18.0. The van der Waals surface area contributed by atoms with E-state index >= 15 is 0 Å². The van der Waals surface area contributed by atoms with Gasteiger partial charge in [0, 0.05) is 26.6 Å². The Labute approximate surface area is 200 Å². The van der Waals surface area contributed by atoms with Gasteiger partial charge in [-0.25, -0.2) is 4.79 Å². The first-order chi connectivity index (χ1) is 15.0. The third kappa shape index (κ3) is 5.57. The summed E-state index contributed by atoms with van der Waals surface area (Å²) in [6, 6.07) is 11.9. The minimum Gasteiger partial charge on any atom is -0.444 e. The van der Waals surface area contributed by atoms with Crippen LogP contribution in [0.25, 0.3) is 0 Å². The zero-order valence-corrected chi connectivity index (χ0v) is 20.7. The number of carbonyl (C=O) groups is 2. The second kappa shape index (κ2) is 9.72. The maximum absolute atomic E-state index is 12.8. The van der Waals surface area contributed by atoms with Crippen LogP contribution in [-0.4, -0.2) is 42.0 Å². The van der Waals surface area contributed by atoms with E-state index in [0.29, 0.717) is 16.6 Å². The van der Waals surface area contributed by atoms with Gasteiger partial charge >= 0.3 is 6.09 Å². The molecule has 0 fully saturated rings. The van der Waals surface area contributed by atoms with Crippen LogP contribution >= 0.6 is 23.2 Å². The van der Waals surface area contributed by atoms with E-state index < -0.39 is 5.60 Å². The fourth-order valence-electron chi connectivity index (χ4n) is 4.23. The molecule has 2 aromatic rings. The molecule has 0 bridgehead atoms. The van der Waals surface area contributed by atoms with E-state index in [-0.39, 0.29) is 18.1 Å². The van der Waals surface area contributed by atoms with Crippen LogP contribution in [0, 0.1) is 0 Å². The van der Waals surface area contributed by atoms with E-state index in [1.165, 1.54) is 0 Å². The molecule has 172 valence electrons. The van der Waals surface area contributed by atoms with Crippen molar-refractivity contribution in [2.45, 2.75) is 57.7 Å². The van der Waals surface area contributed by atoms with Crippen molar-refractivity contribution in [3.63, 3.8) is 0 Å². The van der Waals surface area contributed by atoms with E-state index in [4.69, 9.17) is 27.9 Å². The summed E-state index contributed by atoms with van der Waals surface area (Å²) in [6.45, 7) is 6.08. The van der Waals surface area contributed by atoms with Crippen molar-refractivity contribution in [1.82, 2.24) is 9.80 Å². The van der Waals surface area contributed by atoms with Crippen LogP contribution in [0.4, 0.5) is 4.79 Å². The number of benzene rings is 2. The zero-order chi connectivity index (χ0) is 23.6. The van der Waals surface area contributed by atoms with Crippen LogP contribution in [0.1, 0.15) is 67.8 Å². The van der Waals surface area contributed by atoms with Crippen molar-refractivity contribution in [2.24, 2.45) is 0 Å². The molecule has 2 atom stereocenters. The van der Waals surface area contributed by atoms with Gasteiger partial charge in [-0.15, -0.1) is 0 Å². The Hall–Kier alpha value is -2.24. The van der Waals surface area contributed by atoms with Crippen LogP contribution in [0.15, 0.2) is 36.4 Å². The third-order valence-electron chi connectivity index (χ3n) is 5.72.